The number of amides is 1. The number of carbonyl (C=O) groups is 1. The second kappa shape index (κ2) is 8.06. The first kappa shape index (κ1) is 22.3. The summed E-state index contributed by atoms with van der Waals surface area (Å²) < 4.78 is 29.3. The molecule has 2 aliphatic rings. The van der Waals surface area contributed by atoms with Gasteiger partial charge in [0, 0.05) is 55.2 Å². The second-order valence-corrected chi connectivity index (χ2v) is 11.1. The van der Waals surface area contributed by atoms with Gasteiger partial charge in [0.05, 0.1) is 17.3 Å². The van der Waals surface area contributed by atoms with E-state index in [1.165, 1.54) is 8.61 Å². The summed E-state index contributed by atoms with van der Waals surface area (Å²) in [4.78, 5) is 20.2. The highest BCUT2D eigenvalue weighted by Gasteiger charge is 2.54. The van der Waals surface area contributed by atoms with Crippen molar-refractivity contribution < 1.29 is 13.2 Å². The molecular weight excluding hydrogens is 460 g/mol. The number of anilines is 1. The van der Waals surface area contributed by atoms with Gasteiger partial charge < -0.3 is 4.90 Å². The van der Waals surface area contributed by atoms with Gasteiger partial charge >= 0.3 is 0 Å². The smallest absolute Gasteiger partial charge is 0.282 e. The van der Waals surface area contributed by atoms with Crippen molar-refractivity contribution in [1.29, 1.82) is 0 Å². The van der Waals surface area contributed by atoms with Crippen molar-refractivity contribution in [3.63, 3.8) is 0 Å². The Morgan fingerprint density at radius 2 is 1.97 bits per heavy atom. The standard InChI is InChI=1S/C24H25ClN4O3S/c1-3-27(2)33(31,32)28-15-18-8-9-19(25)12-21(18)24(16-28)10-11-29(23(24)30)22-14-26-13-17-6-4-5-7-20(17)22/h4-9,12-14H,3,10-11,15-16H2,1-2H3. The van der Waals surface area contributed by atoms with E-state index in [2.05, 4.69) is 4.98 Å². The van der Waals surface area contributed by atoms with Crippen LogP contribution in [0.4, 0.5) is 5.69 Å². The van der Waals surface area contributed by atoms with Gasteiger partial charge in [-0.05, 0) is 29.7 Å². The molecule has 1 atom stereocenters. The first-order chi connectivity index (χ1) is 15.8. The number of fused-ring (bicyclic) bond motifs is 3. The third-order valence-electron chi connectivity index (χ3n) is 6.90. The number of benzene rings is 2. The second-order valence-electron chi connectivity index (χ2n) is 8.66. The number of hydrogen-bond acceptors (Lipinski definition) is 4. The lowest BCUT2D eigenvalue weighted by atomic mass is 9.74. The molecule has 0 radical (unpaired) electrons. The highest BCUT2D eigenvalue weighted by atomic mass is 35.5. The van der Waals surface area contributed by atoms with Crippen LogP contribution in [0.15, 0.2) is 54.9 Å². The van der Waals surface area contributed by atoms with Gasteiger partial charge in [0.15, 0.2) is 0 Å². The first-order valence-electron chi connectivity index (χ1n) is 10.9. The van der Waals surface area contributed by atoms with Crippen LogP contribution in [0.2, 0.25) is 5.02 Å². The van der Waals surface area contributed by atoms with Crippen molar-refractivity contribution >= 4 is 44.2 Å². The number of hydrogen-bond donors (Lipinski definition) is 0. The summed E-state index contributed by atoms with van der Waals surface area (Å²) in [5.41, 5.74) is 1.37. The molecule has 1 unspecified atom stereocenters. The van der Waals surface area contributed by atoms with Crippen LogP contribution in [-0.4, -0.2) is 54.6 Å². The number of halogens is 1. The van der Waals surface area contributed by atoms with Crippen LogP contribution in [0.25, 0.3) is 10.8 Å². The third-order valence-corrected chi connectivity index (χ3v) is 9.09. The molecule has 172 valence electrons. The van der Waals surface area contributed by atoms with E-state index in [0.717, 1.165) is 27.6 Å². The molecule has 33 heavy (non-hydrogen) atoms. The molecule has 1 aromatic heterocycles. The van der Waals surface area contributed by atoms with Gasteiger partial charge in [-0.1, -0.05) is 48.9 Å². The lowest BCUT2D eigenvalue weighted by Gasteiger charge is -2.41. The third kappa shape index (κ3) is 3.44. The molecule has 2 aliphatic heterocycles. The highest BCUT2D eigenvalue weighted by molar-refractivity contribution is 7.86. The summed E-state index contributed by atoms with van der Waals surface area (Å²) >= 11 is 6.34. The lowest BCUT2D eigenvalue weighted by Crippen LogP contribution is -2.54. The maximum absolute atomic E-state index is 14.1. The molecule has 7 nitrogen and oxygen atoms in total. The Balaban J connectivity index is 1.63. The van der Waals surface area contributed by atoms with Gasteiger partial charge in [-0.3, -0.25) is 9.78 Å². The molecule has 1 spiro atoms. The number of carbonyl (C=O) groups excluding carboxylic acids is 1. The van der Waals surface area contributed by atoms with Crippen molar-refractivity contribution in [2.75, 3.05) is 31.6 Å². The molecule has 0 saturated carbocycles. The monoisotopic (exact) mass is 484 g/mol. The van der Waals surface area contributed by atoms with Crippen LogP contribution in [0.3, 0.4) is 0 Å². The summed E-state index contributed by atoms with van der Waals surface area (Å²) in [6.07, 6.45) is 3.98. The summed E-state index contributed by atoms with van der Waals surface area (Å²) in [5, 5.41) is 2.42. The Bertz CT molecular complexity index is 1360. The zero-order valence-corrected chi connectivity index (χ0v) is 20.1. The maximum Gasteiger partial charge on any atom is 0.282 e. The fourth-order valence-electron chi connectivity index (χ4n) is 5.00. The zero-order valence-electron chi connectivity index (χ0n) is 18.5. The molecule has 0 N–H and O–H groups in total. The molecule has 5 rings (SSSR count). The molecular formula is C24H25ClN4O3S. The van der Waals surface area contributed by atoms with Crippen molar-refractivity contribution in [2.24, 2.45) is 0 Å². The number of pyridine rings is 1. The van der Waals surface area contributed by atoms with E-state index >= 15 is 0 Å². The van der Waals surface area contributed by atoms with Crippen LogP contribution in [0, 0.1) is 0 Å². The Kier molecular flexibility index (Phi) is 5.44. The zero-order chi connectivity index (χ0) is 23.4. The van der Waals surface area contributed by atoms with Gasteiger partial charge in [0.2, 0.25) is 5.91 Å². The van der Waals surface area contributed by atoms with Gasteiger partial charge in [0.25, 0.3) is 10.2 Å². The van der Waals surface area contributed by atoms with Gasteiger partial charge in [-0.2, -0.15) is 17.0 Å². The molecule has 1 amide bonds. The summed E-state index contributed by atoms with van der Waals surface area (Å²) in [7, 11) is -2.16. The summed E-state index contributed by atoms with van der Waals surface area (Å²) in [6.45, 7) is 2.91. The number of aromatic nitrogens is 1. The van der Waals surface area contributed by atoms with Gasteiger partial charge in [-0.25, -0.2) is 0 Å². The number of nitrogens with zero attached hydrogens (tertiary/aromatic N) is 4. The minimum Gasteiger partial charge on any atom is -0.309 e. The van der Waals surface area contributed by atoms with E-state index in [-0.39, 0.29) is 19.0 Å². The van der Waals surface area contributed by atoms with E-state index in [9.17, 15) is 13.2 Å². The van der Waals surface area contributed by atoms with Crippen LogP contribution in [-0.2, 0) is 27.0 Å². The average Bonchev–Trinajstić information content (AvgIpc) is 3.14. The Morgan fingerprint density at radius 1 is 1.18 bits per heavy atom. The van der Waals surface area contributed by atoms with E-state index in [1.807, 2.05) is 36.4 Å². The topological polar surface area (TPSA) is 73.8 Å². The molecule has 3 heterocycles. The minimum absolute atomic E-state index is 0.0839. The fourth-order valence-corrected chi connectivity index (χ4v) is 6.58. The van der Waals surface area contributed by atoms with Crippen LogP contribution in [0.5, 0.6) is 0 Å². The quantitative estimate of drug-likeness (QED) is 0.567. The highest BCUT2D eigenvalue weighted by Crippen LogP contribution is 2.45. The minimum atomic E-state index is -3.72. The Morgan fingerprint density at radius 3 is 2.76 bits per heavy atom. The summed E-state index contributed by atoms with van der Waals surface area (Å²) in [5.74, 6) is -0.122. The maximum atomic E-state index is 14.1. The van der Waals surface area contributed by atoms with Crippen molar-refractivity contribution in [3.05, 3.63) is 71.0 Å². The normalized spacial score (nSPS) is 21.3. The van der Waals surface area contributed by atoms with Crippen molar-refractivity contribution in [2.45, 2.75) is 25.3 Å². The fraction of sp³-hybridized carbons (Fsp3) is 0.333. The molecule has 3 aromatic rings. The largest absolute Gasteiger partial charge is 0.309 e. The van der Waals surface area contributed by atoms with Crippen LogP contribution in [0.1, 0.15) is 24.5 Å². The molecule has 1 fully saturated rings. The number of rotatable bonds is 4. The summed E-state index contributed by atoms with van der Waals surface area (Å²) in [6, 6.07) is 13.2. The Labute approximate surface area is 198 Å². The van der Waals surface area contributed by atoms with Gasteiger partial charge in [0.1, 0.15) is 0 Å². The molecule has 0 aliphatic carbocycles. The first-order valence-corrected chi connectivity index (χ1v) is 12.7. The predicted molar refractivity (Wildman–Crippen MR) is 129 cm³/mol. The average molecular weight is 485 g/mol. The molecule has 1 saturated heterocycles. The van der Waals surface area contributed by atoms with Crippen LogP contribution >= 0.6 is 11.6 Å². The SMILES string of the molecule is CCN(C)S(=O)(=O)N1Cc2ccc(Cl)cc2C2(CCN(c3cncc4ccccc34)C2=O)C1. The predicted octanol–water partition coefficient (Wildman–Crippen LogP) is 3.58. The molecule has 2 aromatic carbocycles. The van der Waals surface area contributed by atoms with Crippen molar-refractivity contribution in [1.82, 2.24) is 13.6 Å². The van der Waals surface area contributed by atoms with E-state index in [1.54, 1.807) is 37.3 Å². The molecule has 0 bridgehead atoms. The molecule has 9 heteroatoms. The lowest BCUT2D eigenvalue weighted by molar-refractivity contribution is -0.122. The van der Waals surface area contributed by atoms with Gasteiger partial charge in [-0.15, -0.1) is 0 Å². The van der Waals surface area contributed by atoms with E-state index in [0.29, 0.717) is 24.5 Å². The van der Waals surface area contributed by atoms with Crippen LogP contribution < -0.4 is 4.90 Å². The van der Waals surface area contributed by atoms with E-state index < -0.39 is 15.6 Å². The Hall–Kier alpha value is -2.52. The van der Waals surface area contributed by atoms with Crippen molar-refractivity contribution in [3.8, 4) is 0 Å². The van der Waals surface area contributed by atoms with E-state index in [4.69, 9.17) is 11.6 Å².